The third kappa shape index (κ3) is 3.80. The third-order valence-corrected chi connectivity index (χ3v) is 4.10. The minimum Gasteiger partial charge on any atom is -0.392 e. The molecule has 0 spiro atoms. The van der Waals surface area contributed by atoms with E-state index in [0.717, 1.165) is 36.1 Å². The van der Waals surface area contributed by atoms with Crippen molar-refractivity contribution in [3.8, 4) is 0 Å². The van der Waals surface area contributed by atoms with Crippen LogP contribution in [0.2, 0.25) is 0 Å². The first-order valence-corrected chi connectivity index (χ1v) is 8.39. The number of pyridine rings is 1. The van der Waals surface area contributed by atoms with Gasteiger partial charge in [0, 0.05) is 24.2 Å². The lowest BCUT2D eigenvalue weighted by Crippen LogP contribution is -2.16. The Labute approximate surface area is 142 Å². The maximum absolute atomic E-state index is 9.05. The number of rotatable bonds is 7. The van der Waals surface area contributed by atoms with Gasteiger partial charge in [0.05, 0.1) is 12.8 Å². The molecule has 0 fully saturated rings. The lowest BCUT2D eigenvalue weighted by Gasteiger charge is -2.08. The lowest BCUT2D eigenvalue weighted by molar-refractivity contribution is 0.282. The van der Waals surface area contributed by atoms with Gasteiger partial charge in [-0.05, 0) is 49.6 Å². The van der Waals surface area contributed by atoms with Crippen molar-refractivity contribution in [2.75, 3.05) is 6.54 Å². The number of benzene rings is 1. The Bertz CT molecular complexity index is 793. The Morgan fingerprint density at radius 1 is 1.08 bits per heavy atom. The molecule has 0 amide bonds. The van der Waals surface area contributed by atoms with Gasteiger partial charge in [-0.2, -0.15) is 5.10 Å². The van der Waals surface area contributed by atoms with E-state index in [0.29, 0.717) is 6.04 Å². The molecule has 24 heavy (non-hydrogen) atoms. The maximum Gasteiger partial charge on any atom is 0.157 e. The molecular weight excluding hydrogens is 300 g/mol. The quantitative estimate of drug-likeness (QED) is 0.656. The molecule has 2 heterocycles. The van der Waals surface area contributed by atoms with Gasteiger partial charge in [0.2, 0.25) is 0 Å². The Hall–Kier alpha value is -2.24. The summed E-state index contributed by atoms with van der Waals surface area (Å²) in [5.41, 5.74) is 4.33. The molecule has 0 atom stereocenters. The number of aromatic nitrogens is 3. The highest BCUT2D eigenvalue weighted by Crippen LogP contribution is 2.16. The molecule has 5 heteroatoms. The predicted octanol–water partition coefficient (Wildman–Crippen LogP) is 2.84. The Balaban J connectivity index is 1.53. The fourth-order valence-corrected chi connectivity index (χ4v) is 2.74. The molecule has 0 saturated carbocycles. The van der Waals surface area contributed by atoms with Crippen LogP contribution in [0, 0.1) is 0 Å². The van der Waals surface area contributed by atoms with Crippen LogP contribution in [0.25, 0.3) is 11.0 Å². The van der Waals surface area contributed by atoms with Crippen molar-refractivity contribution < 1.29 is 5.11 Å². The van der Waals surface area contributed by atoms with Crippen molar-refractivity contribution in [3.63, 3.8) is 0 Å². The summed E-state index contributed by atoms with van der Waals surface area (Å²) in [7, 11) is 0. The zero-order valence-electron chi connectivity index (χ0n) is 14.2. The number of fused-ring (bicyclic) bond motifs is 1. The molecule has 0 bridgehead atoms. The molecule has 5 nitrogen and oxygen atoms in total. The van der Waals surface area contributed by atoms with E-state index >= 15 is 0 Å². The first-order valence-electron chi connectivity index (χ1n) is 8.39. The van der Waals surface area contributed by atoms with Crippen molar-refractivity contribution in [1.29, 1.82) is 0 Å². The molecule has 0 unspecified atom stereocenters. The standard InChI is InChI=1S/C19H24N4O/c1-14(2)23-19-18(12-22-23)9-17(11-21-19)10-20-8-7-15-3-5-16(13-24)6-4-15/h3-6,9,11-12,14,20,24H,7-8,10,13H2,1-2H3. The van der Waals surface area contributed by atoms with E-state index in [1.54, 1.807) is 0 Å². The average molecular weight is 324 g/mol. The van der Waals surface area contributed by atoms with Gasteiger partial charge in [0.25, 0.3) is 0 Å². The predicted molar refractivity (Wildman–Crippen MR) is 95.7 cm³/mol. The number of aliphatic hydroxyl groups is 1. The third-order valence-electron chi connectivity index (χ3n) is 4.10. The summed E-state index contributed by atoms with van der Waals surface area (Å²) in [6, 6.07) is 10.6. The van der Waals surface area contributed by atoms with Crippen LogP contribution < -0.4 is 5.32 Å². The summed E-state index contributed by atoms with van der Waals surface area (Å²) in [5.74, 6) is 0. The summed E-state index contributed by atoms with van der Waals surface area (Å²) in [4.78, 5) is 4.56. The van der Waals surface area contributed by atoms with E-state index in [1.807, 2.05) is 29.2 Å². The van der Waals surface area contributed by atoms with Crippen LogP contribution in [0.1, 0.15) is 36.6 Å². The van der Waals surface area contributed by atoms with Crippen LogP contribution in [-0.4, -0.2) is 26.4 Å². The van der Waals surface area contributed by atoms with Crippen LogP contribution in [0.15, 0.2) is 42.7 Å². The first kappa shape index (κ1) is 16.6. The van der Waals surface area contributed by atoms with Gasteiger partial charge in [-0.3, -0.25) is 0 Å². The maximum atomic E-state index is 9.05. The van der Waals surface area contributed by atoms with E-state index in [4.69, 9.17) is 5.11 Å². The molecule has 2 N–H and O–H groups in total. The SMILES string of the molecule is CC(C)n1ncc2cc(CNCCc3ccc(CO)cc3)cnc21. The number of hydrogen-bond donors (Lipinski definition) is 2. The number of hydrogen-bond acceptors (Lipinski definition) is 4. The fourth-order valence-electron chi connectivity index (χ4n) is 2.74. The molecule has 0 aliphatic carbocycles. The molecule has 0 aliphatic rings. The molecular formula is C19H24N4O. The zero-order valence-corrected chi connectivity index (χ0v) is 14.2. The molecule has 0 radical (unpaired) electrons. The van der Waals surface area contributed by atoms with Crippen molar-refractivity contribution in [2.24, 2.45) is 0 Å². The van der Waals surface area contributed by atoms with Crippen molar-refractivity contribution >= 4 is 11.0 Å². The summed E-state index contributed by atoms with van der Waals surface area (Å²) >= 11 is 0. The van der Waals surface area contributed by atoms with Gasteiger partial charge >= 0.3 is 0 Å². The summed E-state index contributed by atoms with van der Waals surface area (Å²) in [5, 5.41) is 18.0. The van der Waals surface area contributed by atoms with Crippen LogP contribution in [0.3, 0.4) is 0 Å². The van der Waals surface area contributed by atoms with Gasteiger partial charge in [-0.15, -0.1) is 0 Å². The van der Waals surface area contributed by atoms with Crippen LogP contribution >= 0.6 is 0 Å². The van der Waals surface area contributed by atoms with E-state index in [9.17, 15) is 0 Å². The second kappa shape index (κ2) is 7.55. The minimum atomic E-state index is 0.0986. The van der Waals surface area contributed by atoms with Gasteiger partial charge < -0.3 is 10.4 Å². The van der Waals surface area contributed by atoms with Crippen molar-refractivity contribution in [1.82, 2.24) is 20.1 Å². The Morgan fingerprint density at radius 2 is 1.83 bits per heavy atom. The first-order chi connectivity index (χ1) is 11.7. The highest BCUT2D eigenvalue weighted by molar-refractivity contribution is 5.75. The van der Waals surface area contributed by atoms with E-state index in [-0.39, 0.29) is 6.61 Å². The average Bonchev–Trinajstić information content (AvgIpc) is 3.02. The van der Waals surface area contributed by atoms with Crippen molar-refractivity contribution in [2.45, 2.75) is 39.5 Å². The number of nitrogens with one attached hydrogen (secondary N) is 1. The fraction of sp³-hybridized carbons (Fsp3) is 0.368. The number of nitrogens with zero attached hydrogens (tertiary/aromatic N) is 3. The van der Waals surface area contributed by atoms with Crippen LogP contribution in [-0.2, 0) is 19.6 Å². The highest BCUT2D eigenvalue weighted by atomic mass is 16.3. The second-order valence-corrected chi connectivity index (χ2v) is 6.34. The van der Waals surface area contributed by atoms with E-state index in [2.05, 4.69) is 47.4 Å². The molecule has 1 aromatic carbocycles. The molecule has 2 aromatic heterocycles. The zero-order chi connectivity index (χ0) is 16.9. The Kier molecular flexibility index (Phi) is 5.23. The largest absolute Gasteiger partial charge is 0.392 e. The van der Waals surface area contributed by atoms with Gasteiger partial charge in [0.1, 0.15) is 0 Å². The molecule has 0 saturated heterocycles. The number of aliphatic hydroxyl groups excluding tert-OH is 1. The van der Waals surface area contributed by atoms with E-state index < -0.39 is 0 Å². The van der Waals surface area contributed by atoms with Crippen LogP contribution in [0.5, 0.6) is 0 Å². The lowest BCUT2D eigenvalue weighted by atomic mass is 10.1. The van der Waals surface area contributed by atoms with Gasteiger partial charge in [-0.1, -0.05) is 24.3 Å². The summed E-state index contributed by atoms with van der Waals surface area (Å²) < 4.78 is 1.95. The van der Waals surface area contributed by atoms with Crippen LogP contribution in [0.4, 0.5) is 0 Å². The van der Waals surface area contributed by atoms with Crippen molar-refractivity contribution in [3.05, 3.63) is 59.4 Å². The molecule has 126 valence electrons. The van der Waals surface area contributed by atoms with Gasteiger partial charge in [-0.25, -0.2) is 9.67 Å². The summed E-state index contributed by atoms with van der Waals surface area (Å²) in [6.45, 7) is 6.01. The van der Waals surface area contributed by atoms with Gasteiger partial charge in [0.15, 0.2) is 5.65 Å². The summed E-state index contributed by atoms with van der Waals surface area (Å²) in [6.07, 6.45) is 4.77. The normalized spacial score (nSPS) is 11.5. The van der Waals surface area contributed by atoms with E-state index in [1.165, 1.54) is 11.1 Å². The molecule has 0 aliphatic heterocycles. The smallest absolute Gasteiger partial charge is 0.157 e. The topological polar surface area (TPSA) is 63.0 Å². The second-order valence-electron chi connectivity index (χ2n) is 6.34. The minimum absolute atomic E-state index is 0.0986. The monoisotopic (exact) mass is 324 g/mol. The Morgan fingerprint density at radius 3 is 2.54 bits per heavy atom. The molecule has 3 aromatic rings. The molecule has 3 rings (SSSR count). The highest BCUT2D eigenvalue weighted by Gasteiger charge is 2.07.